The second-order valence-corrected chi connectivity index (χ2v) is 7.67. The highest BCUT2D eigenvalue weighted by Gasteiger charge is 2.16. The van der Waals surface area contributed by atoms with Gasteiger partial charge in [0.1, 0.15) is 5.52 Å². The monoisotopic (exact) mass is 424 g/mol. The summed E-state index contributed by atoms with van der Waals surface area (Å²) in [7, 11) is 0. The van der Waals surface area contributed by atoms with Gasteiger partial charge in [-0.05, 0) is 55.0 Å². The number of hydrogen-bond donors (Lipinski definition) is 1. The molecule has 0 aliphatic carbocycles. The molecule has 9 heteroatoms. The van der Waals surface area contributed by atoms with E-state index in [1.54, 1.807) is 17.1 Å². The van der Waals surface area contributed by atoms with Gasteiger partial charge in [0.25, 0.3) is 0 Å². The molecular formula is C23H17FN8. The molecule has 0 aliphatic heterocycles. The summed E-state index contributed by atoms with van der Waals surface area (Å²) in [5.74, 6) is -0.437. The number of aryl methyl sites for hydroxylation is 1. The molecule has 0 unspecified atom stereocenters. The van der Waals surface area contributed by atoms with Gasteiger partial charge in [0.05, 0.1) is 40.9 Å². The zero-order valence-corrected chi connectivity index (χ0v) is 17.1. The van der Waals surface area contributed by atoms with Gasteiger partial charge in [-0.25, -0.2) is 9.07 Å². The van der Waals surface area contributed by atoms with Gasteiger partial charge in [-0.15, -0.1) is 5.10 Å². The van der Waals surface area contributed by atoms with Crippen molar-refractivity contribution >= 4 is 21.9 Å². The number of pyridine rings is 1. The first kappa shape index (κ1) is 18.4. The van der Waals surface area contributed by atoms with Crippen LogP contribution in [0.25, 0.3) is 38.9 Å². The van der Waals surface area contributed by atoms with Gasteiger partial charge in [0.2, 0.25) is 0 Å². The molecule has 2 aromatic carbocycles. The number of fused-ring (bicyclic) bond motifs is 2. The summed E-state index contributed by atoms with van der Waals surface area (Å²) in [6.07, 6.45) is 5.28. The average molecular weight is 424 g/mol. The Bertz CT molecular complexity index is 1580. The Labute approximate surface area is 181 Å². The molecule has 0 saturated heterocycles. The Balaban J connectivity index is 1.45. The largest absolute Gasteiger partial charge is 0.278 e. The van der Waals surface area contributed by atoms with E-state index in [2.05, 4.69) is 30.6 Å². The lowest BCUT2D eigenvalue weighted by atomic mass is 10.1. The van der Waals surface area contributed by atoms with Crippen LogP contribution in [0.5, 0.6) is 0 Å². The Morgan fingerprint density at radius 1 is 1.03 bits per heavy atom. The first-order valence-electron chi connectivity index (χ1n) is 10.1. The molecule has 8 nitrogen and oxygen atoms in total. The number of aromatic amines is 1. The van der Waals surface area contributed by atoms with Crippen LogP contribution >= 0.6 is 0 Å². The van der Waals surface area contributed by atoms with Gasteiger partial charge in [0.15, 0.2) is 5.82 Å². The van der Waals surface area contributed by atoms with Crippen molar-refractivity contribution in [3.63, 3.8) is 0 Å². The maximum atomic E-state index is 15.0. The van der Waals surface area contributed by atoms with E-state index in [0.29, 0.717) is 17.6 Å². The number of benzene rings is 2. The first-order chi connectivity index (χ1) is 15.7. The zero-order chi connectivity index (χ0) is 21.7. The van der Waals surface area contributed by atoms with Crippen LogP contribution < -0.4 is 0 Å². The Kier molecular flexibility index (Phi) is 4.07. The number of nitrogens with zero attached hydrogens (tertiary/aromatic N) is 7. The molecular weight excluding hydrogens is 407 g/mol. The Hall–Kier alpha value is -4.40. The lowest BCUT2D eigenvalue weighted by Crippen LogP contribution is -2.05. The molecule has 0 fully saturated rings. The second kappa shape index (κ2) is 7.09. The fourth-order valence-corrected chi connectivity index (χ4v) is 3.83. The third kappa shape index (κ3) is 3.02. The molecule has 4 heterocycles. The van der Waals surface area contributed by atoms with Gasteiger partial charge in [-0.3, -0.25) is 14.8 Å². The predicted molar refractivity (Wildman–Crippen MR) is 118 cm³/mol. The van der Waals surface area contributed by atoms with E-state index in [0.717, 1.165) is 33.5 Å². The van der Waals surface area contributed by atoms with E-state index in [4.69, 9.17) is 0 Å². The molecule has 0 bridgehead atoms. The fourth-order valence-electron chi connectivity index (χ4n) is 3.83. The van der Waals surface area contributed by atoms with Crippen molar-refractivity contribution in [1.82, 2.24) is 40.0 Å². The molecule has 4 aromatic heterocycles. The number of aromatic nitrogens is 8. The number of H-pyrrole nitrogens is 1. The number of nitrogens with one attached hydrogen (secondary N) is 1. The smallest absolute Gasteiger partial charge is 0.153 e. The summed E-state index contributed by atoms with van der Waals surface area (Å²) in [5.41, 5.74) is 5.85. The normalized spacial score (nSPS) is 11.6. The predicted octanol–water partition coefficient (Wildman–Crippen LogP) is 4.05. The van der Waals surface area contributed by atoms with E-state index in [9.17, 15) is 0 Å². The number of rotatable bonds is 4. The van der Waals surface area contributed by atoms with Gasteiger partial charge >= 0.3 is 0 Å². The third-order valence-corrected chi connectivity index (χ3v) is 5.47. The van der Waals surface area contributed by atoms with Crippen LogP contribution in [0.3, 0.4) is 0 Å². The van der Waals surface area contributed by atoms with Crippen LogP contribution in [0.15, 0.2) is 67.1 Å². The highest BCUT2D eigenvalue weighted by molar-refractivity contribution is 5.85. The maximum Gasteiger partial charge on any atom is 0.153 e. The highest BCUT2D eigenvalue weighted by Crippen LogP contribution is 2.28. The van der Waals surface area contributed by atoms with Crippen LogP contribution in [-0.2, 0) is 6.54 Å². The average Bonchev–Trinajstić information content (AvgIpc) is 3.54. The molecule has 1 N–H and O–H groups in total. The van der Waals surface area contributed by atoms with Crippen molar-refractivity contribution in [3.8, 4) is 16.9 Å². The fraction of sp³-hybridized carbons (Fsp3) is 0.0870. The van der Waals surface area contributed by atoms with Crippen LogP contribution in [-0.4, -0.2) is 40.0 Å². The number of halogens is 1. The van der Waals surface area contributed by atoms with Crippen LogP contribution in [0.1, 0.15) is 11.3 Å². The Morgan fingerprint density at radius 3 is 2.84 bits per heavy atom. The van der Waals surface area contributed by atoms with Crippen molar-refractivity contribution in [2.24, 2.45) is 0 Å². The van der Waals surface area contributed by atoms with E-state index >= 15 is 4.39 Å². The van der Waals surface area contributed by atoms with Crippen LogP contribution in [0, 0.1) is 12.7 Å². The molecule has 156 valence electrons. The Morgan fingerprint density at radius 2 is 1.97 bits per heavy atom. The zero-order valence-electron chi connectivity index (χ0n) is 17.1. The maximum absolute atomic E-state index is 15.0. The SMILES string of the molecule is Cc1ccc(Cn2nccc2-c2cc(F)c3nnn(-c4ccc5cn[nH]c5c4)c3c2)nc1. The molecule has 0 spiro atoms. The van der Waals surface area contributed by atoms with Crippen molar-refractivity contribution in [2.45, 2.75) is 13.5 Å². The first-order valence-corrected chi connectivity index (χ1v) is 10.1. The van der Waals surface area contributed by atoms with Crippen LogP contribution in [0.4, 0.5) is 4.39 Å². The topological polar surface area (TPSA) is 90.1 Å². The molecule has 0 aliphatic rings. The minimum Gasteiger partial charge on any atom is -0.278 e. The van der Waals surface area contributed by atoms with Gasteiger partial charge < -0.3 is 0 Å². The van der Waals surface area contributed by atoms with Crippen molar-refractivity contribution < 1.29 is 4.39 Å². The summed E-state index contributed by atoms with van der Waals surface area (Å²) in [6, 6.07) is 14.9. The highest BCUT2D eigenvalue weighted by atomic mass is 19.1. The standard InChI is InChI=1S/C23H17FN8/c1-14-2-4-17(25-11-14)13-31-21(6-7-27-31)16-8-19(24)23-22(9-16)32(30-29-23)18-5-3-15-12-26-28-20(15)10-18/h2-12H,13H2,1H3,(H,26,28). The molecule has 32 heavy (non-hydrogen) atoms. The van der Waals surface area contributed by atoms with Crippen molar-refractivity contribution in [2.75, 3.05) is 0 Å². The summed E-state index contributed by atoms with van der Waals surface area (Å²) in [5, 5.41) is 20.7. The summed E-state index contributed by atoms with van der Waals surface area (Å²) >= 11 is 0. The summed E-state index contributed by atoms with van der Waals surface area (Å²) in [6.45, 7) is 2.48. The van der Waals surface area contributed by atoms with Gasteiger partial charge in [0, 0.05) is 23.3 Å². The van der Waals surface area contributed by atoms with E-state index in [-0.39, 0.29) is 5.52 Å². The number of hydrogen-bond acceptors (Lipinski definition) is 5. The van der Waals surface area contributed by atoms with Crippen molar-refractivity contribution in [3.05, 3.63) is 84.2 Å². The van der Waals surface area contributed by atoms with E-state index in [1.807, 2.05) is 60.3 Å². The van der Waals surface area contributed by atoms with E-state index in [1.165, 1.54) is 6.07 Å². The quantitative estimate of drug-likeness (QED) is 0.461. The van der Waals surface area contributed by atoms with Crippen LogP contribution in [0.2, 0.25) is 0 Å². The molecule has 6 aromatic rings. The molecule has 0 saturated carbocycles. The lowest BCUT2D eigenvalue weighted by molar-refractivity contribution is 0.635. The molecule has 0 atom stereocenters. The summed E-state index contributed by atoms with van der Waals surface area (Å²) < 4.78 is 18.4. The van der Waals surface area contributed by atoms with Gasteiger partial charge in [-0.2, -0.15) is 10.2 Å². The molecule has 0 amide bonds. The lowest BCUT2D eigenvalue weighted by Gasteiger charge is -2.09. The minimum absolute atomic E-state index is 0.213. The molecule has 6 rings (SSSR count). The third-order valence-electron chi connectivity index (χ3n) is 5.47. The van der Waals surface area contributed by atoms with E-state index < -0.39 is 5.82 Å². The van der Waals surface area contributed by atoms with Gasteiger partial charge in [-0.1, -0.05) is 11.3 Å². The second-order valence-electron chi connectivity index (χ2n) is 7.67. The minimum atomic E-state index is -0.437. The molecule has 0 radical (unpaired) electrons. The van der Waals surface area contributed by atoms with Crippen molar-refractivity contribution in [1.29, 1.82) is 0 Å². The summed E-state index contributed by atoms with van der Waals surface area (Å²) in [4.78, 5) is 4.45.